The summed E-state index contributed by atoms with van der Waals surface area (Å²) < 4.78 is 30.0. The average Bonchev–Trinajstić information content (AvgIpc) is 2.49. The van der Waals surface area contributed by atoms with Gasteiger partial charge in [0.2, 0.25) is 0 Å². The standard InChI is InChI=1S/C15H20N2O3S/c16-11-12-4-3-5-13(10-12)21(18,19)9-8-20-15-7-2-1-6-14(15)17/h3-5,10,14-15H,1-2,6-9,17H2. The number of rotatable bonds is 5. The van der Waals surface area contributed by atoms with E-state index in [-0.39, 0.29) is 29.4 Å². The molecule has 1 fully saturated rings. The normalized spacial score (nSPS) is 22.7. The van der Waals surface area contributed by atoms with E-state index < -0.39 is 9.84 Å². The molecule has 0 bridgehead atoms. The Labute approximate surface area is 125 Å². The number of sulfone groups is 1. The molecule has 2 unspecified atom stereocenters. The zero-order valence-corrected chi connectivity index (χ0v) is 12.7. The molecule has 0 amide bonds. The Morgan fingerprint density at radius 3 is 2.81 bits per heavy atom. The van der Waals surface area contributed by atoms with Gasteiger partial charge in [-0.1, -0.05) is 18.9 Å². The highest BCUT2D eigenvalue weighted by Crippen LogP contribution is 2.20. The number of benzene rings is 1. The van der Waals surface area contributed by atoms with Crippen molar-refractivity contribution in [2.24, 2.45) is 5.73 Å². The Balaban J connectivity index is 1.93. The van der Waals surface area contributed by atoms with E-state index in [1.54, 1.807) is 12.1 Å². The highest BCUT2D eigenvalue weighted by molar-refractivity contribution is 7.91. The van der Waals surface area contributed by atoms with E-state index in [1.165, 1.54) is 12.1 Å². The van der Waals surface area contributed by atoms with Gasteiger partial charge in [-0.25, -0.2) is 8.42 Å². The number of hydrogen-bond acceptors (Lipinski definition) is 5. The fraction of sp³-hybridized carbons (Fsp3) is 0.533. The van der Waals surface area contributed by atoms with Crippen molar-refractivity contribution in [3.8, 4) is 6.07 Å². The van der Waals surface area contributed by atoms with Crippen molar-refractivity contribution in [1.82, 2.24) is 0 Å². The van der Waals surface area contributed by atoms with Crippen LogP contribution in [-0.2, 0) is 14.6 Å². The topological polar surface area (TPSA) is 93.2 Å². The molecule has 2 atom stereocenters. The minimum absolute atomic E-state index is 0.00312. The average molecular weight is 308 g/mol. The lowest BCUT2D eigenvalue weighted by Gasteiger charge is -2.28. The first-order valence-electron chi connectivity index (χ1n) is 7.13. The lowest BCUT2D eigenvalue weighted by Crippen LogP contribution is -2.40. The molecule has 0 aromatic heterocycles. The fourth-order valence-electron chi connectivity index (χ4n) is 2.52. The molecule has 21 heavy (non-hydrogen) atoms. The minimum Gasteiger partial charge on any atom is -0.376 e. The van der Waals surface area contributed by atoms with Gasteiger partial charge in [0.25, 0.3) is 0 Å². The molecule has 1 aromatic carbocycles. The Morgan fingerprint density at radius 2 is 2.10 bits per heavy atom. The molecule has 1 aliphatic rings. The van der Waals surface area contributed by atoms with E-state index in [0.29, 0.717) is 5.56 Å². The molecular formula is C15H20N2O3S. The first-order valence-corrected chi connectivity index (χ1v) is 8.78. The van der Waals surface area contributed by atoms with Crippen LogP contribution in [0.25, 0.3) is 0 Å². The predicted octanol–water partition coefficient (Wildman–Crippen LogP) is 1.62. The van der Waals surface area contributed by atoms with Gasteiger partial charge in [0.15, 0.2) is 9.84 Å². The van der Waals surface area contributed by atoms with Crippen LogP contribution in [-0.4, -0.2) is 32.9 Å². The molecular weight excluding hydrogens is 288 g/mol. The smallest absolute Gasteiger partial charge is 0.180 e. The summed E-state index contributed by atoms with van der Waals surface area (Å²) >= 11 is 0. The molecule has 2 N–H and O–H groups in total. The van der Waals surface area contributed by atoms with E-state index in [0.717, 1.165) is 25.7 Å². The molecule has 6 heteroatoms. The molecule has 2 rings (SSSR count). The number of nitrogens with two attached hydrogens (primary N) is 1. The summed E-state index contributed by atoms with van der Waals surface area (Å²) in [6.07, 6.45) is 3.97. The highest BCUT2D eigenvalue weighted by atomic mass is 32.2. The zero-order valence-electron chi connectivity index (χ0n) is 11.9. The van der Waals surface area contributed by atoms with Crippen LogP contribution in [0.5, 0.6) is 0 Å². The zero-order chi connectivity index (χ0) is 15.3. The first kappa shape index (κ1) is 16.0. The van der Waals surface area contributed by atoms with Gasteiger partial charge < -0.3 is 10.5 Å². The van der Waals surface area contributed by atoms with Crippen LogP contribution in [0.15, 0.2) is 29.2 Å². The first-order chi connectivity index (χ1) is 10.0. The SMILES string of the molecule is N#Cc1cccc(S(=O)(=O)CCOC2CCCCC2N)c1. The molecule has 114 valence electrons. The van der Waals surface area contributed by atoms with E-state index in [1.807, 2.05) is 6.07 Å². The lowest BCUT2D eigenvalue weighted by molar-refractivity contribution is 0.0239. The molecule has 0 aliphatic heterocycles. The van der Waals surface area contributed by atoms with Gasteiger partial charge in [-0.15, -0.1) is 0 Å². The second-order valence-electron chi connectivity index (χ2n) is 5.32. The lowest BCUT2D eigenvalue weighted by atomic mass is 9.93. The van der Waals surface area contributed by atoms with Gasteiger partial charge in [0, 0.05) is 6.04 Å². The summed E-state index contributed by atoms with van der Waals surface area (Å²) in [5.41, 5.74) is 6.31. The Hall–Kier alpha value is -1.42. The Morgan fingerprint density at radius 1 is 1.33 bits per heavy atom. The van der Waals surface area contributed by atoms with Gasteiger partial charge in [0.1, 0.15) is 0 Å². The number of hydrogen-bond donors (Lipinski definition) is 1. The van der Waals surface area contributed by atoms with Crippen molar-refractivity contribution in [1.29, 1.82) is 5.26 Å². The van der Waals surface area contributed by atoms with Crippen molar-refractivity contribution in [2.45, 2.75) is 42.7 Å². The maximum Gasteiger partial charge on any atom is 0.180 e. The van der Waals surface area contributed by atoms with Crippen LogP contribution in [0, 0.1) is 11.3 Å². The number of nitriles is 1. The summed E-state index contributed by atoms with van der Waals surface area (Å²) in [5, 5.41) is 8.82. The third kappa shape index (κ3) is 4.27. The third-order valence-electron chi connectivity index (χ3n) is 3.76. The van der Waals surface area contributed by atoms with Gasteiger partial charge in [-0.2, -0.15) is 5.26 Å². The van der Waals surface area contributed by atoms with E-state index in [4.69, 9.17) is 15.7 Å². The molecule has 1 aromatic rings. The molecule has 0 heterocycles. The monoisotopic (exact) mass is 308 g/mol. The van der Waals surface area contributed by atoms with Crippen molar-refractivity contribution < 1.29 is 13.2 Å². The summed E-state index contributed by atoms with van der Waals surface area (Å²) in [4.78, 5) is 0.165. The van der Waals surface area contributed by atoms with Gasteiger partial charge >= 0.3 is 0 Å². The molecule has 1 aliphatic carbocycles. The van der Waals surface area contributed by atoms with E-state index in [2.05, 4.69) is 0 Å². The van der Waals surface area contributed by atoms with Gasteiger partial charge in [0.05, 0.1) is 35.0 Å². The third-order valence-corrected chi connectivity index (χ3v) is 5.44. The maximum atomic E-state index is 12.2. The molecule has 0 spiro atoms. The largest absolute Gasteiger partial charge is 0.376 e. The summed E-state index contributed by atoms with van der Waals surface area (Å²) in [5.74, 6) is -0.0922. The molecule has 1 saturated carbocycles. The van der Waals surface area contributed by atoms with Gasteiger partial charge in [-0.3, -0.25) is 0 Å². The van der Waals surface area contributed by atoms with Crippen LogP contribution < -0.4 is 5.73 Å². The molecule has 5 nitrogen and oxygen atoms in total. The second kappa shape index (κ2) is 7.03. The van der Waals surface area contributed by atoms with Crippen LogP contribution in [0.3, 0.4) is 0 Å². The van der Waals surface area contributed by atoms with Crippen LogP contribution in [0.2, 0.25) is 0 Å². The summed E-state index contributed by atoms with van der Waals surface area (Å²) in [6.45, 7) is 0.136. The second-order valence-corrected chi connectivity index (χ2v) is 7.43. The van der Waals surface area contributed by atoms with E-state index in [9.17, 15) is 8.42 Å². The Bertz CT molecular complexity index is 622. The van der Waals surface area contributed by atoms with Crippen LogP contribution >= 0.6 is 0 Å². The summed E-state index contributed by atoms with van der Waals surface area (Å²) in [6, 6.07) is 7.99. The quantitative estimate of drug-likeness (QED) is 0.892. The van der Waals surface area contributed by atoms with Gasteiger partial charge in [-0.05, 0) is 31.0 Å². The minimum atomic E-state index is -3.43. The predicted molar refractivity (Wildman–Crippen MR) is 79.4 cm³/mol. The fourth-order valence-corrected chi connectivity index (χ4v) is 3.66. The molecule has 0 radical (unpaired) electrons. The van der Waals surface area contributed by atoms with Crippen molar-refractivity contribution >= 4 is 9.84 Å². The molecule has 0 saturated heterocycles. The maximum absolute atomic E-state index is 12.2. The number of ether oxygens (including phenoxy) is 1. The van der Waals surface area contributed by atoms with E-state index >= 15 is 0 Å². The van der Waals surface area contributed by atoms with Crippen molar-refractivity contribution in [2.75, 3.05) is 12.4 Å². The van der Waals surface area contributed by atoms with Crippen molar-refractivity contribution in [3.63, 3.8) is 0 Å². The van der Waals surface area contributed by atoms with Crippen LogP contribution in [0.4, 0.5) is 0 Å². The van der Waals surface area contributed by atoms with Crippen molar-refractivity contribution in [3.05, 3.63) is 29.8 Å². The number of nitrogens with zero attached hydrogens (tertiary/aromatic N) is 1. The van der Waals surface area contributed by atoms with Crippen LogP contribution in [0.1, 0.15) is 31.2 Å². The Kier molecular flexibility index (Phi) is 5.34. The highest BCUT2D eigenvalue weighted by Gasteiger charge is 2.23. The summed E-state index contributed by atoms with van der Waals surface area (Å²) in [7, 11) is -3.43.